The molecule has 3 rings (SSSR count). The SMILES string of the molecule is O=C(NCCCOc1ccccc1F)N[C@H]1CCS(=O)(=O)c2ccccc21. The van der Waals surface area contributed by atoms with Crippen LogP contribution >= 0.6 is 0 Å². The van der Waals surface area contributed by atoms with Gasteiger partial charge in [-0.1, -0.05) is 30.3 Å². The largest absolute Gasteiger partial charge is 0.490 e. The second-order valence-electron chi connectivity index (χ2n) is 6.23. The van der Waals surface area contributed by atoms with E-state index in [-0.39, 0.29) is 35.1 Å². The van der Waals surface area contributed by atoms with Crippen molar-refractivity contribution in [3.63, 3.8) is 0 Å². The molecule has 0 saturated carbocycles. The van der Waals surface area contributed by atoms with E-state index in [0.717, 1.165) is 0 Å². The van der Waals surface area contributed by atoms with E-state index in [1.807, 2.05) is 0 Å². The van der Waals surface area contributed by atoms with Gasteiger partial charge in [-0.05, 0) is 36.6 Å². The number of hydrogen-bond donors (Lipinski definition) is 2. The number of para-hydroxylation sites is 1. The van der Waals surface area contributed by atoms with Crippen molar-refractivity contribution in [1.29, 1.82) is 0 Å². The molecule has 0 bridgehead atoms. The number of halogens is 1. The van der Waals surface area contributed by atoms with Crippen LogP contribution in [0.4, 0.5) is 9.18 Å². The maximum atomic E-state index is 13.4. The Morgan fingerprint density at radius 1 is 1.15 bits per heavy atom. The fraction of sp³-hybridized carbons (Fsp3) is 0.316. The maximum absolute atomic E-state index is 13.4. The quantitative estimate of drug-likeness (QED) is 0.741. The molecular weight excluding hydrogens is 371 g/mol. The van der Waals surface area contributed by atoms with Gasteiger partial charge < -0.3 is 15.4 Å². The van der Waals surface area contributed by atoms with Gasteiger partial charge in [0.25, 0.3) is 0 Å². The van der Waals surface area contributed by atoms with E-state index in [0.29, 0.717) is 24.9 Å². The maximum Gasteiger partial charge on any atom is 0.315 e. The van der Waals surface area contributed by atoms with Gasteiger partial charge in [-0.3, -0.25) is 0 Å². The van der Waals surface area contributed by atoms with Crippen LogP contribution in [0, 0.1) is 5.82 Å². The number of urea groups is 1. The Kier molecular flexibility index (Phi) is 5.95. The molecule has 0 fully saturated rings. The lowest BCUT2D eigenvalue weighted by atomic mass is 10.0. The van der Waals surface area contributed by atoms with Crippen molar-refractivity contribution in [2.45, 2.75) is 23.8 Å². The first kappa shape index (κ1) is 19.2. The molecule has 0 radical (unpaired) electrons. The molecule has 0 aromatic heterocycles. The van der Waals surface area contributed by atoms with Crippen molar-refractivity contribution < 1.29 is 22.3 Å². The lowest BCUT2D eigenvalue weighted by Gasteiger charge is -2.26. The lowest BCUT2D eigenvalue weighted by molar-refractivity contribution is 0.234. The molecule has 1 aliphatic heterocycles. The summed E-state index contributed by atoms with van der Waals surface area (Å²) in [6, 6.07) is 12.1. The number of nitrogens with one attached hydrogen (secondary N) is 2. The summed E-state index contributed by atoms with van der Waals surface area (Å²) in [7, 11) is -3.28. The molecule has 2 aromatic carbocycles. The van der Waals surface area contributed by atoms with Gasteiger partial charge in [-0.15, -0.1) is 0 Å². The second-order valence-corrected chi connectivity index (χ2v) is 8.31. The first-order valence-electron chi connectivity index (χ1n) is 8.71. The van der Waals surface area contributed by atoms with Crippen LogP contribution < -0.4 is 15.4 Å². The summed E-state index contributed by atoms with van der Waals surface area (Å²) in [5, 5.41) is 5.52. The summed E-state index contributed by atoms with van der Waals surface area (Å²) in [6.07, 6.45) is 0.848. The molecule has 8 heteroatoms. The highest BCUT2D eigenvalue weighted by Gasteiger charge is 2.30. The van der Waals surface area contributed by atoms with Gasteiger partial charge in [0.15, 0.2) is 21.4 Å². The minimum absolute atomic E-state index is 0.00540. The lowest BCUT2D eigenvalue weighted by Crippen LogP contribution is -2.40. The third-order valence-electron chi connectivity index (χ3n) is 4.31. The summed E-state index contributed by atoms with van der Waals surface area (Å²) >= 11 is 0. The summed E-state index contributed by atoms with van der Waals surface area (Å²) in [5.74, 6) is -0.234. The number of amides is 2. The molecule has 2 N–H and O–H groups in total. The number of hydrogen-bond acceptors (Lipinski definition) is 4. The van der Waals surface area contributed by atoms with Crippen LogP contribution in [0.5, 0.6) is 5.75 Å². The van der Waals surface area contributed by atoms with Crippen molar-refractivity contribution >= 4 is 15.9 Å². The van der Waals surface area contributed by atoms with Gasteiger partial charge in [-0.25, -0.2) is 17.6 Å². The molecule has 144 valence electrons. The molecule has 6 nitrogen and oxygen atoms in total. The molecule has 2 amide bonds. The molecule has 0 spiro atoms. The number of carbonyl (C=O) groups is 1. The minimum atomic E-state index is -3.28. The van der Waals surface area contributed by atoms with Gasteiger partial charge in [0.1, 0.15) is 0 Å². The van der Waals surface area contributed by atoms with Crippen molar-refractivity contribution in [2.75, 3.05) is 18.9 Å². The van der Waals surface area contributed by atoms with Gasteiger partial charge in [0.05, 0.1) is 23.3 Å². The Labute approximate surface area is 157 Å². The molecule has 2 aromatic rings. The van der Waals surface area contributed by atoms with E-state index in [1.54, 1.807) is 42.5 Å². The average Bonchev–Trinajstić information content (AvgIpc) is 2.65. The number of sulfone groups is 1. The number of rotatable bonds is 6. The van der Waals surface area contributed by atoms with E-state index in [1.165, 1.54) is 6.07 Å². The van der Waals surface area contributed by atoms with Crippen molar-refractivity contribution in [3.8, 4) is 5.75 Å². The highest BCUT2D eigenvalue weighted by Crippen LogP contribution is 2.31. The van der Waals surface area contributed by atoms with Gasteiger partial charge >= 0.3 is 6.03 Å². The fourth-order valence-corrected chi connectivity index (χ4v) is 4.59. The Bertz CT molecular complexity index is 917. The first-order valence-corrected chi connectivity index (χ1v) is 10.4. The summed E-state index contributed by atoms with van der Waals surface area (Å²) in [6.45, 7) is 0.624. The molecular formula is C19H21FN2O4S. The van der Waals surface area contributed by atoms with Crippen LogP contribution in [-0.2, 0) is 9.84 Å². The first-order chi connectivity index (χ1) is 13.0. The zero-order valence-electron chi connectivity index (χ0n) is 14.7. The van der Waals surface area contributed by atoms with Crippen molar-refractivity contribution in [1.82, 2.24) is 10.6 Å². The highest BCUT2D eigenvalue weighted by molar-refractivity contribution is 7.91. The Hall–Kier alpha value is -2.61. The summed E-state index contributed by atoms with van der Waals surface area (Å²) < 4.78 is 43.0. The molecule has 1 aliphatic rings. The van der Waals surface area contributed by atoms with E-state index in [9.17, 15) is 17.6 Å². The predicted octanol–water partition coefficient (Wildman–Crippen LogP) is 2.81. The van der Waals surface area contributed by atoms with E-state index < -0.39 is 15.7 Å². The summed E-state index contributed by atoms with van der Waals surface area (Å²) in [5.41, 5.74) is 0.613. The molecule has 27 heavy (non-hydrogen) atoms. The van der Waals surface area contributed by atoms with Crippen molar-refractivity contribution in [2.24, 2.45) is 0 Å². The predicted molar refractivity (Wildman–Crippen MR) is 98.9 cm³/mol. The zero-order valence-corrected chi connectivity index (χ0v) is 15.5. The number of fused-ring (bicyclic) bond motifs is 1. The Morgan fingerprint density at radius 2 is 1.89 bits per heavy atom. The average molecular weight is 392 g/mol. The van der Waals surface area contributed by atoms with E-state index in [2.05, 4.69) is 10.6 Å². The number of ether oxygens (including phenoxy) is 1. The standard InChI is InChI=1S/C19H21FN2O4S/c20-15-7-2-3-8-17(15)26-12-5-11-21-19(23)22-16-10-13-27(24,25)18-9-4-1-6-14(16)18/h1-4,6-9,16H,5,10-13H2,(H2,21,22,23)/t16-/m0/s1. The number of carbonyl (C=O) groups excluding carboxylic acids is 1. The fourth-order valence-electron chi connectivity index (χ4n) is 2.97. The van der Waals surface area contributed by atoms with Crippen LogP contribution in [0.2, 0.25) is 0 Å². The highest BCUT2D eigenvalue weighted by atomic mass is 32.2. The third-order valence-corrected chi connectivity index (χ3v) is 6.13. The summed E-state index contributed by atoms with van der Waals surface area (Å²) in [4.78, 5) is 12.4. The van der Waals surface area contributed by atoms with Crippen LogP contribution in [0.3, 0.4) is 0 Å². The molecule has 0 aliphatic carbocycles. The van der Waals surface area contributed by atoms with Gasteiger partial charge in [0.2, 0.25) is 0 Å². The minimum Gasteiger partial charge on any atom is -0.490 e. The Morgan fingerprint density at radius 3 is 2.70 bits per heavy atom. The van der Waals surface area contributed by atoms with Crippen molar-refractivity contribution in [3.05, 3.63) is 59.9 Å². The molecule has 1 heterocycles. The normalized spacial score (nSPS) is 17.6. The second kappa shape index (κ2) is 8.39. The monoisotopic (exact) mass is 392 g/mol. The molecule has 0 saturated heterocycles. The van der Waals surface area contributed by atoms with E-state index in [4.69, 9.17) is 4.74 Å². The van der Waals surface area contributed by atoms with Crippen LogP contribution in [-0.4, -0.2) is 33.4 Å². The molecule has 0 unspecified atom stereocenters. The number of benzene rings is 2. The topological polar surface area (TPSA) is 84.5 Å². The van der Waals surface area contributed by atoms with Gasteiger partial charge in [0, 0.05) is 6.54 Å². The van der Waals surface area contributed by atoms with Crippen LogP contribution in [0.25, 0.3) is 0 Å². The smallest absolute Gasteiger partial charge is 0.315 e. The Balaban J connectivity index is 1.45. The van der Waals surface area contributed by atoms with Crippen LogP contribution in [0.1, 0.15) is 24.4 Å². The van der Waals surface area contributed by atoms with E-state index >= 15 is 0 Å². The third kappa shape index (κ3) is 4.77. The molecule has 1 atom stereocenters. The zero-order chi connectivity index (χ0) is 19.3. The van der Waals surface area contributed by atoms with Gasteiger partial charge in [-0.2, -0.15) is 0 Å². The van der Waals surface area contributed by atoms with Crippen LogP contribution in [0.15, 0.2) is 53.4 Å².